The first-order valence-corrected chi connectivity index (χ1v) is 12.1. The SMILES string of the molecule is CC(C)OC(=O)CCCCCOc1ccc2nc(-c3ccccc3)n(-c3ccc(Cl)cc3)c2c1. The number of fused-ring (bicyclic) bond motifs is 1. The number of rotatable bonds is 10. The average molecular weight is 477 g/mol. The van der Waals surface area contributed by atoms with Gasteiger partial charge in [-0.25, -0.2) is 4.98 Å². The number of hydrogen-bond donors (Lipinski definition) is 0. The predicted octanol–water partition coefficient (Wildman–Crippen LogP) is 7.24. The fraction of sp³-hybridized carbons (Fsp3) is 0.286. The zero-order valence-corrected chi connectivity index (χ0v) is 20.3. The number of carbonyl (C=O) groups excluding carboxylic acids is 1. The third-order valence-electron chi connectivity index (χ3n) is 5.40. The van der Waals surface area contributed by atoms with Gasteiger partial charge in [-0.1, -0.05) is 41.9 Å². The van der Waals surface area contributed by atoms with Crippen molar-refractivity contribution < 1.29 is 14.3 Å². The first-order valence-electron chi connectivity index (χ1n) is 11.7. The van der Waals surface area contributed by atoms with Gasteiger partial charge in [0.2, 0.25) is 0 Å². The summed E-state index contributed by atoms with van der Waals surface area (Å²) in [4.78, 5) is 16.5. The molecular formula is C28H29ClN2O3. The highest BCUT2D eigenvalue weighted by molar-refractivity contribution is 6.30. The van der Waals surface area contributed by atoms with E-state index in [0.29, 0.717) is 18.1 Å². The molecule has 4 rings (SSSR count). The molecule has 0 bridgehead atoms. The second kappa shape index (κ2) is 11.2. The summed E-state index contributed by atoms with van der Waals surface area (Å²) < 4.78 is 13.3. The number of carbonyl (C=O) groups is 1. The third-order valence-corrected chi connectivity index (χ3v) is 5.66. The fourth-order valence-electron chi connectivity index (χ4n) is 3.84. The number of esters is 1. The Kier molecular flexibility index (Phi) is 7.86. The van der Waals surface area contributed by atoms with Crippen molar-refractivity contribution >= 4 is 28.6 Å². The highest BCUT2D eigenvalue weighted by atomic mass is 35.5. The molecule has 0 saturated heterocycles. The Bertz CT molecular complexity index is 1230. The predicted molar refractivity (Wildman–Crippen MR) is 137 cm³/mol. The minimum atomic E-state index is -0.133. The van der Waals surface area contributed by atoms with Gasteiger partial charge in [-0.2, -0.15) is 0 Å². The van der Waals surface area contributed by atoms with Crippen molar-refractivity contribution in [2.24, 2.45) is 0 Å². The van der Waals surface area contributed by atoms with Crippen molar-refractivity contribution in [2.75, 3.05) is 6.61 Å². The van der Waals surface area contributed by atoms with E-state index in [9.17, 15) is 4.79 Å². The first-order chi connectivity index (χ1) is 16.5. The molecule has 0 aliphatic rings. The van der Waals surface area contributed by atoms with Crippen molar-refractivity contribution in [3.05, 3.63) is 77.8 Å². The van der Waals surface area contributed by atoms with Crippen molar-refractivity contribution in [3.63, 3.8) is 0 Å². The summed E-state index contributed by atoms with van der Waals surface area (Å²) in [5.41, 5.74) is 3.88. The molecule has 0 radical (unpaired) electrons. The monoisotopic (exact) mass is 476 g/mol. The first kappa shape index (κ1) is 23.8. The van der Waals surface area contributed by atoms with E-state index in [4.69, 9.17) is 26.1 Å². The summed E-state index contributed by atoms with van der Waals surface area (Å²) in [7, 11) is 0. The van der Waals surface area contributed by atoms with Crippen LogP contribution in [-0.4, -0.2) is 28.2 Å². The van der Waals surface area contributed by atoms with Crippen molar-refractivity contribution in [1.29, 1.82) is 0 Å². The van der Waals surface area contributed by atoms with Crippen LogP contribution in [-0.2, 0) is 9.53 Å². The van der Waals surface area contributed by atoms with Crippen molar-refractivity contribution in [1.82, 2.24) is 9.55 Å². The smallest absolute Gasteiger partial charge is 0.306 e. The van der Waals surface area contributed by atoms with Gasteiger partial charge < -0.3 is 9.47 Å². The molecule has 0 amide bonds. The van der Waals surface area contributed by atoms with Gasteiger partial charge in [0.1, 0.15) is 11.6 Å². The van der Waals surface area contributed by atoms with Gasteiger partial charge in [-0.05, 0) is 69.5 Å². The molecule has 0 fully saturated rings. The maximum atomic E-state index is 11.6. The van der Waals surface area contributed by atoms with Crippen LogP contribution in [0.15, 0.2) is 72.8 Å². The van der Waals surface area contributed by atoms with Crippen LogP contribution in [0.5, 0.6) is 5.75 Å². The summed E-state index contributed by atoms with van der Waals surface area (Å²) in [6.07, 6.45) is 2.98. The fourth-order valence-corrected chi connectivity index (χ4v) is 3.96. The Balaban J connectivity index is 1.50. The Morgan fingerprint density at radius 3 is 2.47 bits per heavy atom. The summed E-state index contributed by atoms with van der Waals surface area (Å²) >= 11 is 6.14. The molecule has 0 aliphatic carbocycles. The topological polar surface area (TPSA) is 53.4 Å². The number of ether oxygens (including phenoxy) is 2. The lowest BCUT2D eigenvalue weighted by atomic mass is 10.2. The van der Waals surface area contributed by atoms with Gasteiger partial charge in [0.15, 0.2) is 0 Å². The number of aromatic nitrogens is 2. The van der Waals surface area contributed by atoms with E-state index in [0.717, 1.165) is 53.1 Å². The lowest BCUT2D eigenvalue weighted by Gasteiger charge is -2.11. The number of benzene rings is 3. The number of imidazole rings is 1. The van der Waals surface area contributed by atoms with Crippen LogP contribution < -0.4 is 4.74 Å². The second-order valence-corrected chi connectivity index (χ2v) is 8.90. The van der Waals surface area contributed by atoms with Gasteiger partial charge in [-0.15, -0.1) is 0 Å². The van der Waals surface area contributed by atoms with E-state index in [1.54, 1.807) is 0 Å². The molecule has 3 aromatic carbocycles. The van der Waals surface area contributed by atoms with Crippen LogP contribution in [0.1, 0.15) is 39.5 Å². The highest BCUT2D eigenvalue weighted by Crippen LogP contribution is 2.31. The summed E-state index contributed by atoms with van der Waals surface area (Å²) in [5.74, 6) is 1.52. The Hall–Kier alpha value is -3.31. The highest BCUT2D eigenvalue weighted by Gasteiger charge is 2.15. The van der Waals surface area contributed by atoms with Gasteiger partial charge in [0.25, 0.3) is 0 Å². The number of unbranched alkanes of at least 4 members (excludes halogenated alkanes) is 2. The van der Waals surface area contributed by atoms with Crippen LogP contribution >= 0.6 is 11.6 Å². The molecule has 0 unspecified atom stereocenters. The van der Waals surface area contributed by atoms with Crippen LogP contribution in [0.4, 0.5) is 0 Å². The molecule has 0 saturated carbocycles. The number of hydrogen-bond acceptors (Lipinski definition) is 4. The molecule has 0 N–H and O–H groups in total. The standard InChI is InChI=1S/C28H29ClN2O3/c1-20(2)34-27(32)11-7-4-8-18-33-24-16-17-25-26(19-24)31(23-14-12-22(29)13-15-23)28(30-25)21-9-5-3-6-10-21/h3,5-6,9-10,12-17,19-20H,4,7-8,11,18H2,1-2H3. The number of nitrogens with zero attached hydrogens (tertiary/aromatic N) is 2. The van der Waals surface area contributed by atoms with Gasteiger partial charge in [0.05, 0.1) is 23.7 Å². The van der Waals surface area contributed by atoms with Crippen LogP contribution in [0.3, 0.4) is 0 Å². The lowest BCUT2D eigenvalue weighted by Crippen LogP contribution is -2.11. The number of halogens is 1. The van der Waals surface area contributed by atoms with Gasteiger partial charge in [0, 0.05) is 28.8 Å². The molecule has 6 heteroatoms. The zero-order valence-electron chi connectivity index (χ0n) is 19.5. The molecule has 34 heavy (non-hydrogen) atoms. The maximum absolute atomic E-state index is 11.6. The molecular weight excluding hydrogens is 448 g/mol. The molecule has 176 valence electrons. The quantitative estimate of drug-likeness (QED) is 0.179. The van der Waals surface area contributed by atoms with E-state index in [-0.39, 0.29) is 12.1 Å². The van der Waals surface area contributed by atoms with Crippen LogP contribution in [0.25, 0.3) is 28.1 Å². The average Bonchev–Trinajstić information content (AvgIpc) is 3.21. The Labute approximate surface area is 205 Å². The molecule has 1 heterocycles. The molecule has 5 nitrogen and oxygen atoms in total. The van der Waals surface area contributed by atoms with E-state index < -0.39 is 0 Å². The minimum absolute atomic E-state index is 0.0607. The summed E-state index contributed by atoms with van der Waals surface area (Å²) in [6.45, 7) is 4.32. The van der Waals surface area contributed by atoms with E-state index >= 15 is 0 Å². The molecule has 4 aromatic rings. The largest absolute Gasteiger partial charge is 0.494 e. The lowest BCUT2D eigenvalue weighted by molar-refractivity contribution is -0.147. The van der Waals surface area contributed by atoms with Crippen molar-refractivity contribution in [2.45, 2.75) is 45.6 Å². The van der Waals surface area contributed by atoms with E-state index in [1.165, 1.54) is 0 Å². The third kappa shape index (κ3) is 5.97. The normalized spacial score (nSPS) is 11.2. The Morgan fingerprint density at radius 1 is 0.971 bits per heavy atom. The van der Waals surface area contributed by atoms with E-state index in [2.05, 4.69) is 16.7 Å². The molecule has 0 atom stereocenters. The van der Waals surface area contributed by atoms with Crippen molar-refractivity contribution in [3.8, 4) is 22.8 Å². The van der Waals surface area contributed by atoms with Gasteiger partial charge >= 0.3 is 5.97 Å². The second-order valence-electron chi connectivity index (χ2n) is 8.46. The molecule has 0 aliphatic heterocycles. The summed E-state index contributed by atoms with van der Waals surface area (Å²) in [5, 5.41) is 0.691. The molecule has 0 spiro atoms. The Morgan fingerprint density at radius 2 is 1.74 bits per heavy atom. The maximum Gasteiger partial charge on any atom is 0.306 e. The van der Waals surface area contributed by atoms with Crippen LogP contribution in [0, 0.1) is 0 Å². The van der Waals surface area contributed by atoms with Gasteiger partial charge in [-0.3, -0.25) is 9.36 Å². The zero-order chi connectivity index (χ0) is 23.9. The minimum Gasteiger partial charge on any atom is -0.494 e. The summed E-state index contributed by atoms with van der Waals surface area (Å²) in [6, 6.07) is 23.9. The molecule has 1 aromatic heterocycles. The van der Waals surface area contributed by atoms with E-state index in [1.807, 2.05) is 74.5 Å². The van der Waals surface area contributed by atoms with Crippen LogP contribution in [0.2, 0.25) is 5.02 Å².